The summed E-state index contributed by atoms with van der Waals surface area (Å²) >= 11 is 7.42. The van der Waals surface area contributed by atoms with E-state index in [4.69, 9.17) is 16.3 Å². The second kappa shape index (κ2) is 7.39. The zero-order valence-electron chi connectivity index (χ0n) is 12.0. The van der Waals surface area contributed by atoms with Gasteiger partial charge < -0.3 is 10.1 Å². The molecular formula is C16H13ClFN3OS. The highest BCUT2D eigenvalue weighted by Gasteiger charge is 2.08. The molecule has 1 N–H and O–H groups in total. The van der Waals surface area contributed by atoms with Gasteiger partial charge in [-0.1, -0.05) is 29.8 Å². The predicted molar refractivity (Wildman–Crippen MR) is 89.4 cm³/mol. The van der Waals surface area contributed by atoms with Crippen LogP contribution in [-0.4, -0.2) is 9.97 Å². The molecule has 0 radical (unpaired) electrons. The highest BCUT2D eigenvalue weighted by molar-refractivity contribution is 7.09. The lowest BCUT2D eigenvalue weighted by Crippen LogP contribution is -2.06. The van der Waals surface area contributed by atoms with E-state index in [1.54, 1.807) is 23.5 Å². The predicted octanol–water partition coefficient (Wildman–Crippen LogP) is 4.52. The molecule has 0 atom stereocenters. The standard InChI is InChI=1S/C16H13ClFN3OS/c17-12-5-3-11(4-6-12)10-22-16-20-9-14(18)15(21-16)19-8-13-2-1-7-23-13/h1-7,9H,8,10H2,(H,19,20,21). The topological polar surface area (TPSA) is 47.0 Å². The van der Waals surface area contributed by atoms with Gasteiger partial charge in [0, 0.05) is 9.90 Å². The first kappa shape index (κ1) is 15.7. The second-order valence-corrected chi connectivity index (χ2v) is 6.17. The molecule has 7 heteroatoms. The highest BCUT2D eigenvalue weighted by atomic mass is 35.5. The van der Waals surface area contributed by atoms with Gasteiger partial charge in [0.2, 0.25) is 0 Å². The first-order chi connectivity index (χ1) is 11.2. The molecule has 0 fully saturated rings. The Hall–Kier alpha value is -2.18. The number of nitrogens with zero attached hydrogens (tertiary/aromatic N) is 2. The van der Waals surface area contributed by atoms with Crippen molar-refractivity contribution in [3.05, 3.63) is 69.3 Å². The largest absolute Gasteiger partial charge is 0.459 e. The lowest BCUT2D eigenvalue weighted by molar-refractivity contribution is 0.280. The molecule has 0 bridgehead atoms. The van der Waals surface area contributed by atoms with Crippen molar-refractivity contribution >= 4 is 28.8 Å². The summed E-state index contributed by atoms with van der Waals surface area (Å²) in [6.07, 6.45) is 1.10. The molecular weight excluding hydrogens is 337 g/mol. The molecule has 0 spiro atoms. The minimum atomic E-state index is -0.514. The Morgan fingerprint density at radius 1 is 1.22 bits per heavy atom. The number of halogens is 2. The van der Waals surface area contributed by atoms with Crippen molar-refractivity contribution in [2.75, 3.05) is 5.32 Å². The first-order valence-corrected chi connectivity index (χ1v) is 8.12. The van der Waals surface area contributed by atoms with Gasteiger partial charge in [0.1, 0.15) is 6.61 Å². The summed E-state index contributed by atoms with van der Waals surface area (Å²) in [5, 5.41) is 5.57. The molecule has 23 heavy (non-hydrogen) atoms. The quantitative estimate of drug-likeness (QED) is 0.710. The van der Waals surface area contributed by atoms with Crippen molar-refractivity contribution < 1.29 is 9.13 Å². The molecule has 3 rings (SSSR count). The van der Waals surface area contributed by atoms with Crippen molar-refractivity contribution in [3.63, 3.8) is 0 Å². The van der Waals surface area contributed by atoms with Gasteiger partial charge in [-0.2, -0.15) is 4.98 Å². The molecule has 0 amide bonds. The lowest BCUT2D eigenvalue weighted by Gasteiger charge is -2.08. The average molecular weight is 350 g/mol. The minimum absolute atomic E-state index is 0.120. The van der Waals surface area contributed by atoms with E-state index in [1.807, 2.05) is 29.6 Å². The monoisotopic (exact) mass is 349 g/mol. The lowest BCUT2D eigenvalue weighted by atomic mass is 10.2. The molecule has 0 aliphatic rings. The number of rotatable bonds is 6. The summed E-state index contributed by atoms with van der Waals surface area (Å²) in [6.45, 7) is 0.787. The Bertz CT molecular complexity index is 766. The van der Waals surface area contributed by atoms with Crippen LogP contribution in [0.4, 0.5) is 10.2 Å². The molecule has 0 aliphatic heterocycles. The van der Waals surface area contributed by atoms with Crippen molar-refractivity contribution in [1.29, 1.82) is 0 Å². The van der Waals surface area contributed by atoms with Crippen LogP contribution in [0, 0.1) is 5.82 Å². The average Bonchev–Trinajstić information content (AvgIpc) is 3.08. The number of hydrogen-bond acceptors (Lipinski definition) is 5. The molecule has 3 aromatic rings. The Labute approximate surface area is 141 Å². The molecule has 0 saturated heterocycles. The van der Waals surface area contributed by atoms with Crippen molar-refractivity contribution in [2.45, 2.75) is 13.2 Å². The Kier molecular flexibility index (Phi) is 5.05. The maximum absolute atomic E-state index is 13.8. The summed E-state index contributed by atoms with van der Waals surface area (Å²) in [6, 6.07) is 11.3. The molecule has 1 aromatic carbocycles. The summed E-state index contributed by atoms with van der Waals surface area (Å²) < 4.78 is 19.2. The Morgan fingerprint density at radius 2 is 2.04 bits per heavy atom. The zero-order valence-corrected chi connectivity index (χ0v) is 13.6. The van der Waals surface area contributed by atoms with Gasteiger partial charge in [-0.3, -0.25) is 0 Å². The van der Waals surface area contributed by atoms with Crippen LogP contribution < -0.4 is 10.1 Å². The molecule has 2 heterocycles. The molecule has 118 valence electrons. The molecule has 0 saturated carbocycles. The third-order valence-corrected chi connectivity index (χ3v) is 4.14. The van der Waals surface area contributed by atoms with Crippen LogP contribution in [0.3, 0.4) is 0 Å². The van der Waals surface area contributed by atoms with Gasteiger partial charge >= 0.3 is 6.01 Å². The summed E-state index contributed by atoms with van der Waals surface area (Å²) in [5.41, 5.74) is 0.926. The van der Waals surface area contributed by atoms with E-state index in [2.05, 4.69) is 15.3 Å². The normalized spacial score (nSPS) is 10.5. The van der Waals surface area contributed by atoms with E-state index >= 15 is 0 Å². The fourth-order valence-corrected chi connectivity index (χ4v) is 2.63. The number of aromatic nitrogens is 2. The smallest absolute Gasteiger partial charge is 0.318 e. The summed E-state index contributed by atoms with van der Waals surface area (Å²) in [4.78, 5) is 9.00. The van der Waals surface area contributed by atoms with Crippen molar-refractivity contribution in [2.24, 2.45) is 0 Å². The number of hydrogen-bond donors (Lipinski definition) is 1. The maximum Gasteiger partial charge on any atom is 0.318 e. The summed E-state index contributed by atoms with van der Waals surface area (Å²) in [7, 11) is 0. The fourth-order valence-electron chi connectivity index (χ4n) is 1.86. The van der Waals surface area contributed by atoms with Gasteiger partial charge in [-0.05, 0) is 29.1 Å². The summed E-state index contributed by atoms with van der Waals surface area (Å²) in [5.74, 6) is -0.389. The Morgan fingerprint density at radius 3 is 2.78 bits per heavy atom. The van der Waals surface area contributed by atoms with Crippen molar-refractivity contribution in [1.82, 2.24) is 9.97 Å². The van der Waals surface area contributed by atoms with E-state index in [0.29, 0.717) is 11.6 Å². The SMILES string of the molecule is Fc1cnc(OCc2ccc(Cl)cc2)nc1NCc1cccs1. The Balaban J connectivity index is 1.63. The fraction of sp³-hybridized carbons (Fsp3) is 0.125. The number of anilines is 1. The van der Waals surface area contributed by atoms with Crippen molar-refractivity contribution in [3.8, 4) is 6.01 Å². The molecule has 0 unspecified atom stereocenters. The van der Waals surface area contributed by atoms with E-state index < -0.39 is 5.82 Å². The third kappa shape index (κ3) is 4.40. The number of nitrogens with one attached hydrogen (secondary N) is 1. The molecule has 4 nitrogen and oxygen atoms in total. The van der Waals surface area contributed by atoms with Crippen LogP contribution in [0.2, 0.25) is 5.02 Å². The zero-order chi connectivity index (χ0) is 16.1. The number of ether oxygens (including phenoxy) is 1. The van der Waals surface area contributed by atoms with Crippen LogP contribution in [0.5, 0.6) is 6.01 Å². The highest BCUT2D eigenvalue weighted by Crippen LogP contribution is 2.17. The van der Waals surface area contributed by atoms with Crippen LogP contribution in [-0.2, 0) is 13.2 Å². The van der Waals surface area contributed by atoms with Crippen LogP contribution in [0.15, 0.2) is 48.0 Å². The maximum atomic E-state index is 13.8. The van der Waals surface area contributed by atoms with Gasteiger partial charge in [0.05, 0.1) is 12.7 Å². The van der Waals surface area contributed by atoms with Gasteiger partial charge in [-0.25, -0.2) is 9.37 Å². The minimum Gasteiger partial charge on any atom is -0.459 e. The van der Waals surface area contributed by atoms with E-state index in [9.17, 15) is 4.39 Å². The number of benzene rings is 1. The molecule has 0 aliphatic carbocycles. The van der Waals surface area contributed by atoms with Gasteiger partial charge in [0.15, 0.2) is 11.6 Å². The van der Waals surface area contributed by atoms with E-state index in [0.717, 1.165) is 16.6 Å². The van der Waals surface area contributed by atoms with Gasteiger partial charge in [0.25, 0.3) is 0 Å². The number of thiophene rings is 1. The first-order valence-electron chi connectivity index (χ1n) is 6.87. The van der Waals surface area contributed by atoms with Crippen LogP contribution in [0.25, 0.3) is 0 Å². The molecule has 2 aromatic heterocycles. The third-order valence-electron chi connectivity index (χ3n) is 3.01. The second-order valence-electron chi connectivity index (χ2n) is 4.70. The van der Waals surface area contributed by atoms with Gasteiger partial charge in [-0.15, -0.1) is 11.3 Å². The van der Waals surface area contributed by atoms with E-state index in [1.165, 1.54) is 0 Å². The van der Waals surface area contributed by atoms with E-state index in [-0.39, 0.29) is 18.4 Å². The van der Waals surface area contributed by atoms with Crippen LogP contribution >= 0.6 is 22.9 Å². The van der Waals surface area contributed by atoms with Crippen LogP contribution in [0.1, 0.15) is 10.4 Å².